The maximum atomic E-state index is 3.76. The first-order valence-electron chi connectivity index (χ1n) is 2.07. The standard InChI is InChI=1S/C6H6Te/c1-6-2-4-7-5-3-6/h2-5H,1H2. The van der Waals surface area contributed by atoms with Crippen LogP contribution in [0.3, 0.4) is 0 Å². The molecule has 0 N–H and O–H groups in total. The first kappa shape index (κ1) is 5.15. The van der Waals surface area contributed by atoms with E-state index in [1.165, 1.54) is 0 Å². The first-order chi connectivity index (χ1) is 3.39. The van der Waals surface area contributed by atoms with Crippen LogP contribution in [0.2, 0.25) is 0 Å². The Morgan fingerprint density at radius 3 is 2.14 bits per heavy atom. The number of allylic oxidation sites excluding steroid dienone is 3. The van der Waals surface area contributed by atoms with Crippen molar-refractivity contribution >= 4 is 20.9 Å². The van der Waals surface area contributed by atoms with Gasteiger partial charge in [0.2, 0.25) is 0 Å². The summed E-state index contributed by atoms with van der Waals surface area (Å²) in [5, 5.41) is 0. The van der Waals surface area contributed by atoms with Gasteiger partial charge in [0.25, 0.3) is 0 Å². The van der Waals surface area contributed by atoms with Gasteiger partial charge in [0.05, 0.1) is 0 Å². The summed E-state index contributed by atoms with van der Waals surface area (Å²) < 4.78 is 4.46. The van der Waals surface area contributed by atoms with E-state index >= 15 is 0 Å². The Morgan fingerprint density at radius 2 is 1.86 bits per heavy atom. The zero-order valence-corrected chi connectivity index (χ0v) is 6.26. The van der Waals surface area contributed by atoms with Crippen LogP contribution < -0.4 is 0 Å². The van der Waals surface area contributed by atoms with Crippen LogP contribution in [0.25, 0.3) is 0 Å². The summed E-state index contributed by atoms with van der Waals surface area (Å²) in [6.07, 6.45) is 4.17. The Balaban J connectivity index is 2.66. The summed E-state index contributed by atoms with van der Waals surface area (Å²) in [5.74, 6) is 0. The molecule has 1 heterocycles. The van der Waals surface area contributed by atoms with Crippen molar-refractivity contribution in [1.29, 1.82) is 0 Å². The topological polar surface area (TPSA) is 0 Å². The molecule has 0 aromatic rings. The molecule has 0 amide bonds. The van der Waals surface area contributed by atoms with Crippen molar-refractivity contribution in [2.45, 2.75) is 0 Å². The molecule has 7 heavy (non-hydrogen) atoms. The van der Waals surface area contributed by atoms with E-state index in [0.29, 0.717) is 0 Å². The molecule has 0 fully saturated rings. The Hall–Kier alpha value is 0.00961. The summed E-state index contributed by atoms with van der Waals surface area (Å²) >= 11 is 0.120. The monoisotopic (exact) mass is 208 g/mol. The molecule has 0 aromatic carbocycles. The average Bonchev–Trinajstić information content (AvgIpc) is 1.69. The van der Waals surface area contributed by atoms with Crippen molar-refractivity contribution in [3.05, 3.63) is 32.6 Å². The molecule has 0 atom stereocenters. The van der Waals surface area contributed by atoms with Crippen LogP contribution >= 0.6 is 0 Å². The molecule has 0 unspecified atom stereocenters. The van der Waals surface area contributed by atoms with E-state index in [-0.39, 0.29) is 20.9 Å². The van der Waals surface area contributed by atoms with Crippen LogP contribution in [-0.2, 0) is 0 Å². The molecule has 36 valence electrons. The van der Waals surface area contributed by atoms with Crippen molar-refractivity contribution < 1.29 is 0 Å². The molecular weight excluding hydrogens is 200 g/mol. The molecule has 0 saturated carbocycles. The third-order valence-corrected chi connectivity index (χ3v) is 2.40. The minimum atomic E-state index is 0.120. The van der Waals surface area contributed by atoms with E-state index < -0.39 is 0 Å². The predicted molar refractivity (Wildman–Crippen MR) is 33.2 cm³/mol. The van der Waals surface area contributed by atoms with E-state index in [1.54, 1.807) is 0 Å². The van der Waals surface area contributed by atoms with E-state index in [4.69, 9.17) is 0 Å². The molecule has 0 aromatic heterocycles. The molecule has 0 spiro atoms. The third kappa shape index (κ3) is 1.51. The molecule has 1 aliphatic heterocycles. The molecule has 0 bridgehead atoms. The van der Waals surface area contributed by atoms with Gasteiger partial charge in [-0.1, -0.05) is 0 Å². The normalized spacial score (nSPS) is 18.0. The van der Waals surface area contributed by atoms with Gasteiger partial charge >= 0.3 is 53.5 Å². The fourth-order valence-corrected chi connectivity index (χ4v) is 2.06. The van der Waals surface area contributed by atoms with Crippen LogP contribution in [0.4, 0.5) is 0 Å². The second kappa shape index (κ2) is 2.35. The molecule has 0 radical (unpaired) electrons. The van der Waals surface area contributed by atoms with E-state index in [9.17, 15) is 0 Å². The molecular formula is C6H6Te. The summed E-state index contributed by atoms with van der Waals surface area (Å²) in [6.45, 7) is 3.76. The van der Waals surface area contributed by atoms with Gasteiger partial charge in [0.15, 0.2) is 0 Å². The zero-order valence-electron chi connectivity index (χ0n) is 3.92. The third-order valence-electron chi connectivity index (χ3n) is 0.721. The number of hydrogen-bond donors (Lipinski definition) is 0. The summed E-state index contributed by atoms with van der Waals surface area (Å²) in [7, 11) is 0. The van der Waals surface area contributed by atoms with Gasteiger partial charge in [-0.15, -0.1) is 0 Å². The fraction of sp³-hybridized carbons (Fsp3) is 0. The van der Waals surface area contributed by atoms with Crippen molar-refractivity contribution in [3.63, 3.8) is 0 Å². The van der Waals surface area contributed by atoms with Crippen LogP contribution in [-0.4, -0.2) is 20.9 Å². The van der Waals surface area contributed by atoms with Crippen molar-refractivity contribution in [3.8, 4) is 0 Å². The second-order valence-electron chi connectivity index (χ2n) is 1.32. The van der Waals surface area contributed by atoms with Crippen molar-refractivity contribution in [2.75, 3.05) is 0 Å². The van der Waals surface area contributed by atoms with Gasteiger partial charge in [-0.3, -0.25) is 0 Å². The Morgan fingerprint density at radius 1 is 1.29 bits per heavy atom. The number of hydrogen-bond acceptors (Lipinski definition) is 0. The summed E-state index contributed by atoms with van der Waals surface area (Å²) in [6, 6.07) is 0. The van der Waals surface area contributed by atoms with Crippen molar-refractivity contribution in [2.24, 2.45) is 0 Å². The SMILES string of the molecule is C=C1C=C[Te]C=C1. The Kier molecular flexibility index (Phi) is 1.73. The van der Waals surface area contributed by atoms with Gasteiger partial charge < -0.3 is 0 Å². The summed E-state index contributed by atoms with van der Waals surface area (Å²) in [4.78, 5) is 0. The molecule has 0 saturated heterocycles. The van der Waals surface area contributed by atoms with Crippen LogP contribution in [0.1, 0.15) is 0 Å². The van der Waals surface area contributed by atoms with Crippen LogP contribution in [0, 0.1) is 0 Å². The minimum absolute atomic E-state index is 0.120. The quantitative estimate of drug-likeness (QED) is 0.523. The van der Waals surface area contributed by atoms with E-state index in [2.05, 4.69) is 27.0 Å². The Labute approximate surface area is 53.7 Å². The summed E-state index contributed by atoms with van der Waals surface area (Å²) in [5.41, 5.74) is 1.14. The van der Waals surface area contributed by atoms with Gasteiger partial charge in [0.1, 0.15) is 0 Å². The average molecular weight is 206 g/mol. The predicted octanol–water partition coefficient (Wildman–Crippen LogP) is 1.29. The van der Waals surface area contributed by atoms with Gasteiger partial charge in [0, 0.05) is 0 Å². The fourth-order valence-electron chi connectivity index (χ4n) is 0.354. The van der Waals surface area contributed by atoms with Gasteiger partial charge in [-0.05, 0) is 0 Å². The van der Waals surface area contributed by atoms with Gasteiger partial charge in [-0.25, -0.2) is 0 Å². The zero-order chi connectivity index (χ0) is 5.11. The van der Waals surface area contributed by atoms with E-state index in [0.717, 1.165) is 5.57 Å². The molecule has 0 aliphatic carbocycles. The van der Waals surface area contributed by atoms with Crippen LogP contribution in [0.15, 0.2) is 32.6 Å². The number of rotatable bonds is 0. The molecule has 0 nitrogen and oxygen atoms in total. The van der Waals surface area contributed by atoms with Crippen LogP contribution in [0.5, 0.6) is 0 Å². The maximum absolute atomic E-state index is 3.76. The molecule has 1 rings (SSSR count). The van der Waals surface area contributed by atoms with E-state index in [1.807, 2.05) is 0 Å². The van der Waals surface area contributed by atoms with Gasteiger partial charge in [-0.2, -0.15) is 0 Å². The molecule has 1 aliphatic rings. The Bertz CT molecular complexity index is 117. The van der Waals surface area contributed by atoms with Crippen molar-refractivity contribution in [1.82, 2.24) is 0 Å². The first-order valence-corrected chi connectivity index (χ1v) is 4.76. The second-order valence-corrected chi connectivity index (χ2v) is 3.65. The molecule has 1 heteroatoms.